The minimum atomic E-state index is -1.41. The molecule has 3 aromatic carbocycles. The summed E-state index contributed by atoms with van der Waals surface area (Å²) in [5, 5.41) is 10.5. The third-order valence-electron chi connectivity index (χ3n) is 6.92. The number of hydrogen-bond acceptors (Lipinski definition) is 2. The lowest BCUT2D eigenvalue weighted by molar-refractivity contribution is -0.141. The zero-order valence-electron chi connectivity index (χ0n) is 19.5. The van der Waals surface area contributed by atoms with Crippen molar-refractivity contribution in [3.8, 4) is 16.9 Å². The first-order valence-corrected chi connectivity index (χ1v) is 10.9. The highest BCUT2D eigenvalue weighted by Crippen LogP contribution is 2.47. The fourth-order valence-electron chi connectivity index (χ4n) is 5.08. The summed E-state index contributed by atoms with van der Waals surface area (Å²) in [6.45, 7) is 11.6. The van der Waals surface area contributed by atoms with Gasteiger partial charge in [-0.2, -0.15) is 0 Å². The van der Waals surface area contributed by atoms with E-state index in [1.54, 1.807) is 19.1 Å². The second-order valence-corrected chi connectivity index (χ2v) is 9.59. The summed E-state index contributed by atoms with van der Waals surface area (Å²) in [5.74, 6) is -0.584. The quantitative estimate of drug-likeness (QED) is 0.510. The van der Waals surface area contributed by atoms with Crippen molar-refractivity contribution in [1.82, 2.24) is 0 Å². The van der Waals surface area contributed by atoms with Crippen LogP contribution in [0.25, 0.3) is 11.1 Å². The molecule has 0 bridgehead atoms. The summed E-state index contributed by atoms with van der Waals surface area (Å²) >= 11 is 0. The van der Waals surface area contributed by atoms with Crippen LogP contribution in [0, 0.1) is 26.6 Å². The number of carbonyl (C=O) groups is 1. The summed E-state index contributed by atoms with van der Waals surface area (Å²) in [6, 6.07) is 14.1. The van der Waals surface area contributed by atoms with Gasteiger partial charge >= 0.3 is 5.97 Å². The molecule has 3 aromatic rings. The number of hydrogen-bond donors (Lipinski definition) is 1. The van der Waals surface area contributed by atoms with Crippen molar-refractivity contribution in [1.29, 1.82) is 0 Å². The van der Waals surface area contributed by atoms with Crippen LogP contribution >= 0.6 is 0 Å². The highest BCUT2D eigenvalue weighted by atomic mass is 19.1. The maximum Gasteiger partial charge on any atom is 0.318 e. The average molecular weight is 433 g/mol. The van der Waals surface area contributed by atoms with Gasteiger partial charge in [0, 0.05) is 17.5 Å². The molecule has 1 unspecified atom stereocenters. The molecule has 0 spiro atoms. The predicted molar refractivity (Wildman–Crippen MR) is 125 cm³/mol. The van der Waals surface area contributed by atoms with Crippen LogP contribution in [0.1, 0.15) is 54.2 Å². The van der Waals surface area contributed by atoms with Gasteiger partial charge in [0.2, 0.25) is 0 Å². The summed E-state index contributed by atoms with van der Waals surface area (Å²) in [4.78, 5) is 12.8. The molecule has 0 amide bonds. The van der Waals surface area contributed by atoms with E-state index >= 15 is 4.39 Å². The Morgan fingerprint density at radius 2 is 1.69 bits per heavy atom. The van der Waals surface area contributed by atoms with Crippen LogP contribution in [-0.4, -0.2) is 16.7 Å². The highest BCUT2D eigenvalue weighted by molar-refractivity contribution is 5.88. The van der Waals surface area contributed by atoms with Crippen LogP contribution in [-0.2, 0) is 16.6 Å². The Morgan fingerprint density at radius 1 is 1.03 bits per heavy atom. The van der Waals surface area contributed by atoms with Crippen molar-refractivity contribution in [2.45, 2.75) is 59.0 Å². The molecule has 166 valence electrons. The van der Waals surface area contributed by atoms with Gasteiger partial charge in [-0.3, -0.25) is 4.79 Å². The molecule has 4 heteroatoms. The number of carboxylic acid groups (broad SMARTS) is 1. The summed E-state index contributed by atoms with van der Waals surface area (Å²) in [7, 11) is 0. The molecule has 32 heavy (non-hydrogen) atoms. The Kier molecular flexibility index (Phi) is 5.15. The van der Waals surface area contributed by atoms with Crippen molar-refractivity contribution in [2.75, 3.05) is 0 Å². The van der Waals surface area contributed by atoms with E-state index in [4.69, 9.17) is 4.74 Å². The minimum absolute atomic E-state index is 0.341. The topological polar surface area (TPSA) is 46.5 Å². The summed E-state index contributed by atoms with van der Waals surface area (Å²) < 4.78 is 21.4. The number of rotatable bonds is 4. The molecular formula is C28H29FO3. The molecule has 4 rings (SSSR count). The van der Waals surface area contributed by atoms with Crippen molar-refractivity contribution >= 4 is 5.97 Å². The van der Waals surface area contributed by atoms with Crippen molar-refractivity contribution in [3.05, 3.63) is 87.7 Å². The monoisotopic (exact) mass is 432 g/mol. The standard InChI is InChI=1S/C28H29FO3/c1-16-17(2)25-22(15-27(4,5)32-25)18(3)24(16)28(6,26(30)31)20-12-13-21(23(29)14-20)19-10-8-7-9-11-19/h7-14H,15H2,1-6H3,(H,30,31). The smallest absolute Gasteiger partial charge is 0.318 e. The third kappa shape index (κ3) is 3.29. The molecule has 3 nitrogen and oxygen atoms in total. The second kappa shape index (κ2) is 7.47. The Labute approximate surface area is 188 Å². The number of halogens is 1. The van der Waals surface area contributed by atoms with Gasteiger partial charge in [-0.05, 0) is 81.0 Å². The van der Waals surface area contributed by atoms with Gasteiger partial charge in [0.1, 0.15) is 22.6 Å². The van der Waals surface area contributed by atoms with E-state index in [1.165, 1.54) is 6.07 Å². The molecular weight excluding hydrogens is 403 g/mol. The van der Waals surface area contributed by atoms with Gasteiger partial charge in [-0.1, -0.05) is 42.5 Å². The Morgan fingerprint density at radius 3 is 2.28 bits per heavy atom. The maximum absolute atomic E-state index is 15.2. The van der Waals surface area contributed by atoms with Gasteiger partial charge < -0.3 is 9.84 Å². The van der Waals surface area contributed by atoms with E-state index in [0.717, 1.165) is 39.1 Å². The SMILES string of the molecule is Cc1c(C)c(C(C)(C(=O)O)c2ccc(-c3ccccc3)c(F)c2)c(C)c2c1OC(C)(C)C2. The lowest BCUT2D eigenvalue weighted by atomic mass is 9.70. The van der Waals surface area contributed by atoms with E-state index in [1.807, 2.05) is 65.0 Å². The molecule has 1 N–H and O–H groups in total. The maximum atomic E-state index is 15.2. The predicted octanol–water partition coefficient (Wildman–Crippen LogP) is 6.52. The molecule has 0 aliphatic carbocycles. The van der Waals surface area contributed by atoms with E-state index in [2.05, 4.69) is 0 Å². The molecule has 1 aliphatic rings. The molecule has 0 saturated heterocycles. The van der Waals surface area contributed by atoms with Crippen molar-refractivity contribution < 1.29 is 19.0 Å². The number of benzene rings is 3. The van der Waals surface area contributed by atoms with Gasteiger partial charge in [-0.15, -0.1) is 0 Å². The number of fused-ring (bicyclic) bond motifs is 1. The average Bonchev–Trinajstić information content (AvgIpc) is 3.08. The van der Waals surface area contributed by atoms with Gasteiger partial charge in [-0.25, -0.2) is 4.39 Å². The highest BCUT2D eigenvalue weighted by Gasteiger charge is 2.43. The fourth-order valence-corrected chi connectivity index (χ4v) is 5.08. The van der Waals surface area contributed by atoms with Crippen LogP contribution < -0.4 is 4.74 Å². The third-order valence-corrected chi connectivity index (χ3v) is 6.92. The number of ether oxygens (including phenoxy) is 1. The Balaban J connectivity index is 1.93. The first kappa shape index (κ1) is 22.1. The summed E-state index contributed by atoms with van der Waals surface area (Å²) in [5.41, 5.74) is 4.37. The molecule has 1 heterocycles. The molecule has 1 aliphatic heterocycles. The Hall–Kier alpha value is -3.14. The fraction of sp³-hybridized carbons (Fsp3) is 0.321. The van der Waals surface area contributed by atoms with Crippen LogP contribution in [0.3, 0.4) is 0 Å². The summed E-state index contributed by atoms with van der Waals surface area (Å²) in [6.07, 6.45) is 0.708. The molecule has 0 aromatic heterocycles. The molecule has 0 saturated carbocycles. The molecule has 0 fully saturated rings. The van der Waals surface area contributed by atoms with Crippen molar-refractivity contribution in [3.63, 3.8) is 0 Å². The number of aliphatic carboxylic acids is 1. The van der Waals surface area contributed by atoms with E-state index < -0.39 is 17.2 Å². The first-order valence-electron chi connectivity index (χ1n) is 10.9. The van der Waals surface area contributed by atoms with E-state index in [9.17, 15) is 9.90 Å². The lowest BCUT2D eigenvalue weighted by Gasteiger charge is -2.31. The number of carboxylic acids is 1. The van der Waals surface area contributed by atoms with Crippen molar-refractivity contribution in [2.24, 2.45) is 0 Å². The van der Waals surface area contributed by atoms with Gasteiger partial charge in [0.25, 0.3) is 0 Å². The van der Waals surface area contributed by atoms with Gasteiger partial charge in [0.15, 0.2) is 0 Å². The van der Waals surface area contributed by atoms with Crippen LogP contribution in [0.4, 0.5) is 4.39 Å². The second-order valence-electron chi connectivity index (χ2n) is 9.59. The minimum Gasteiger partial charge on any atom is -0.487 e. The largest absolute Gasteiger partial charge is 0.487 e. The van der Waals surface area contributed by atoms with E-state index in [-0.39, 0.29) is 5.60 Å². The zero-order valence-corrected chi connectivity index (χ0v) is 19.5. The molecule has 0 radical (unpaired) electrons. The van der Waals surface area contributed by atoms with E-state index in [0.29, 0.717) is 17.5 Å². The molecule has 1 atom stereocenters. The Bertz CT molecular complexity index is 1230. The first-order chi connectivity index (χ1) is 15.0. The van der Waals surface area contributed by atoms with Crippen LogP contribution in [0.5, 0.6) is 5.75 Å². The van der Waals surface area contributed by atoms with Gasteiger partial charge in [0.05, 0.1) is 0 Å². The normalized spacial score (nSPS) is 16.2. The van der Waals surface area contributed by atoms with Crippen LogP contribution in [0.15, 0.2) is 48.5 Å². The van der Waals surface area contributed by atoms with Crippen LogP contribution in [0.2, 0.25) is 0 Å². The zero-order chi connectivity index (χ0) is 23.4. The lowest BCUT2D eigenvalue weighted by Crippen LogP contribution is -2.36.